The molecule has 0 N–H and O–H groups in total. The van der Waals surface area contributed by atoms with E-state index in [1.54, 1.807) is 0 Å². The summed E-state index contributed by atoms with van der Waals surface area (Å²) in [5.74, 6) is 0.965. The van der Waals surface area contributed by atoms with Crippen LogP contribution in [0.2, 0.25) is 0 Å². The van der Waals surface area contributed by atoms with Gasteiger partial charge in [0.2, 0.25) is 0 Å². The van der Waals surface area contributed by atoms with E-state index in [1.807, 2.05) is 17.9 Å². The number of hydrogen-bond acceptors (Lipinski definition) is 4. The number of likely N-dealkylation sites (tertiary alicyclic amines) is 2. The second kappa shape index (κ2) is 7.37. The van der Waals surface area contributed by atoms with Crippen LogP contribution in [0.4, 0.5) is 0 Å². The monoisotopic (exact) mass is 346 g/mol. The number of nitrogens with zero attached hydrogens (tertiary/aromatic N) is 4. The van der Waals surface area contributed by atoms with Crippen molar-refractivity contribution in [3.63, 3.8) is 0 Å². The molecular formula is C20H34N4O. The van der Waals surface area contributed by atoms with Gasteiger partial charge in [-0.2, -0.15) is 5.10 Å². The Kier molecular flexibility index (Phi) is 5.16. The zero-order chi connectivity index (χ0) is 17.3. The van der Waals surface area contributed by atoms with Crippen LogP contribution in [0.5, 0.6) is 0 Å². The van der Waals surface area contributed by atoms with E-state index in [9.17, 15) is 0 Å². The lowest BCUT2D eigenvalue weighted by molar-refractivity contribution is 0.000369. The zero-order valence-corrected chi connectivity index (χ0v) is 16.0. The average Bonchev–Trinajstić information content (AvgIpc) is 3.26. The minimum Gasteiger partial charge on any atom is -0.380 e. The first kappa shape index (κ1) is 17.5. The van der Waals surface area contributed by atoms with Gasteiger partial charge in [0.1, 0.15) is 0 Å². The predicted molar refractivity (Wildman–Crippen MR) is 99.4 cm³/mol. The summed E-state index contributed by atoms with van der Waals surface area (Å²) in [5.41, 5.74) is 1.80. The molecule has 0 aromatic carbocycles. The standard InChI is InChI=1S/C20H34N4O/c1-3-25-16-19-6-7-20(24(19)15-17-4-5-17)8-10-23(11-9-20)14-18-12-21-22(2)13-18/h12-13,17,19H,3-11,14-16H2,1-2H3/t19-/m1/s1. The Hall–Kier alpha value is -0.910. The van der Waals surface area contributed by atoms with Gasteiger partial charge >= 0.3 is 0 Å². The Morgan fingerprint density at radius 2 is 2.00 bits per heavy atom. The molecule has 5 heteroatoms. The molecule has 140 valence electrons. The van der Waals surface area contributed by atoms with Crippen molar-refractivity contribution in [3.8, 4) is 0 Å². The van der Waals surface area contributed by atoms with E-state index in [1.165, 1.54) is 63.7 Å². The van der Waals surface area contributed by atoms with Gasteiger partial charge in [0, 0.05) is 63.2 Å². The summed E-state index contributed by atoms with van der Waals surface area (Å²) in [4.78, 5) is 5.51. The first-order chi connectivity index (χ1) is 12.2. The fraction of sp³-hybridized carbons (Fsp3) is 0.850. The van der Waals surface area contributed by atoms with Gasteiger partial charge in [-0.3, -0.25) is 14.5 Å². The number of ether oxygens (including phenoxy) is 1. The maximum Gasteiger partial charge on any atom is 0.0621 e. The lowest BCUT2D eigenvalue weighted by Gasteiger charge is -2.47. The summed E-state index contributed by atoms with van der Waals surface area (Å²) in [7, 11) is 2.00. The Morgan fingerprint density at radius 3 is 2.64 bits per heavy atom. The molecule has 25 heavy (non-hydrogen) atoms. The molecule has 2 saturated heterocycles. The van der Waals surface area contributed by atoms with Gasteiger partial charge in [0.25, 0.3) is 0 Å². The van der Waals surface area contributed by atoms with Gasteiger partial charge < -0.3 is 4.74 Å². The van der Waals surface area contributed by atoms with Gasteiger partial charge in [-0.25, -0.2) is 0 Å². The number of aromatic nitrogens is 2. The quantitative estimate of drug-likeness (QED) is 0.760. The molecule has 0 amide bonds. The van der Waals surface area contributed by atoms with E-state index in [0.717, 1.165) is 25.7 Å². The van der Waals surface area contributed by atoms with Crippen LogP contribution in [-0.2, 0) is 18.3 Å². The van der Waals surface area contributed by atoms with E-state index < -0.39 is 0 Å². The van der Waals surface area contributed by atoms with Crippen molar-refractivity contribution < 1.29 is 4.74 Å². The summed E-state index contributed by atoms with van der Waals surface area (Å²) < 4.78 is 7.73. The van der Waals surface area contributed by atoms with Crippen LogP contribution in [-0.4, -0.2) is 64.0 Å². The molecule has 1 aromatic heterocycles. The number of piperidine rings is 1. The highest BCUT2D eigenvalue weighted by Crippen LogP contribution is 2.44. The summed E-state index contributed by atoms with van der Waals surface area (Å²) >= 11 is 0. The summed E-state index contributed by atoms with van der Waals surface area (Å²) in [6.45, 7) is 8.71. The minimum atomic E-state index is 0.454. The van der Waals surface area contributed by atoms with Crippen molar-refractivity contribution in [1.82, 2.24) is 19.6 Å². The molecular weight excluding hydrogens is 312 g/mol. The number of rotatable bonds is 7. The Bertz CT molecular complexity index is 560. The molecule has 2 aliphatic heterocycles. The molecule has 3 aliphatic rings. The molecule has 0 unspecified atom stereocenters. The predicted octanol–water partition coefficient (Wildman–Crippen LogP) is 2.67. The molecule has 5 nitrogen and oxygen atoms in total. The number of hydrogen-bond donors (Lipinski definition) is 0. The molecule has 3 fully saturated rings. The third-order valence-corrected chi connectivity index (χ3v) is 6.61. The van der Waals surface area contributed by atoms with E-state index in [0.29, 0.717) is 11.6 Å². The van der Waals surface area contributed by atoms with Crippen LogP contribution < -0.4 is 0 Å². The van der Waals surface area contributed by atoms with Crippen LogP contribution >= 0.6 is 0 Å². The van der Waals surface area contributed by atoms with Gasteiger partial charge in [-0.05, 0) is 51.4 Å². The highest BCUT2D eigenvalue weighted by molar-refractivity contribution is 5.07. The third-order valence-electron chi connectivity index (χ3n) is 6.61. The van der Waals surface area contributed by atoms with Gasteiger partial charge in [0.05, 0.1) is 12.8 Å². The van der Waals surface area contributed by atoms with Crippen molar-refractivity contribution in [2.45, 2.75) is 63.6 Å². The largest absolute Gasteiger partial charge is 0.380 e. The normalized spacial score (nSPS) is 27.4. The third kappa shape index (κ3) is 3.93. The molecule has 1 aromatic rings. The minimum absolute atomic E-state index is 0.454. The van der Waals surface area contributed by atoms with E-state index in [4.69, 9.17) is 4.74 Å². The van der Waals surface area contributed by atoms with E-state index >= 15 is 0 Å². The fourth-order valence-electron chi connectivity index (χ4n) is 4.95. The lowest BCUT2D eigenvalue weighted by Crippen LogP contribution is -2.55. The van der Waals surface area contributed by atoms with Gasteiger partial charge in [-0.1, -0.05) is 0 Å². The van der Waals surface area contributed by atoms with Crippen molar-refractivity contribution in [2.24, 2.45) is 13.0 Å². The molecule has 0 bridgehead atoms. The highest BCUT2D eigenvalue weighted by atomic mass is 16.5. The molecule has 1 aliphatic carbocycles. The molecule has 3 heterocycles. The second-order valence-corrected chi connectivity index (χ2v) is 8.47. The van der Waals surface area contributed by atoms with Crippen molar-refractivity contribution in [2.75, 3.05) is 32.8 Å². The van der Waals surface area contributed by atoms with Crippen molar-refractivity contribution in [3.05, 3.63) is 18.0 Å². The SMILES string of the molecule is CCOC[C@H]1CCC2(CCN(Cc3cnn(C)c3)CC2)N1CC1CC1. The maximum atomic E-state index is 5.82. The van der Waals surface area contributed by atoms with Crippen LogP contribution in [0.1, 0.15) is 51.0 Å². The summed E-state index contributed by atoms with van der Waals surface area (Å²) in [5, 5.41) is 4.31. The van der Waals surface area contributed by atoms with Crippen molar-refractivity contribution >= 4 is 0 Å². The lowest BCUT2D eigenvalue weighted by atomic mass is 9.84. The molecule has 1 atom stereocenters. The van der Waals surface area contributed by atoms with Crippen molar-refractivity contribution in [1.29, 1.82) is 0 Å². The fourth-order valence-corrected chi connectivity index (χ4v) is 4.95. The highest BCUT2D eigenvalue weighted by Gasteiger charge is 2.48. The Balaban J connectivity index is 1.37. The molecule has 1 spiro atoms. The van der Waals surface area contributed by atoms with Crippen LogP contribution in [0.15, 0.2) is 12.4 Å². The molecule has 4 rings (SSSR count). The number of aryl methyl sites for hydroxylation is 1. The van der Waals surface area contributed by atoms with Crippen LogP contribution in [0.25, 0.3) is 0 Å². The first-order valence-corrected chi connectivity index (χ1v) is 10.2. The topological polar surface area (TPSA) is 33.5 Å². The maximum absolute atomic E-state index is 5.82. The smallest absolute Gasteiger partial charge is 0.0621 e. The van der Waals surface area contributed by atoms with E-state index in [-0.39, 0.29) is 0 Å². The molecule has 1 saturated carbocycles. The van der Waals surface area contributed by atoms with Gasteiger partial charge in [-0.15, -0.1) is 0 Å². The van der Waals surface area contributed by atoms with Crippen LogP contribution in [0, 0.1) is 5.92 Å². The second-order valence-electron chi connectivity index (χ2n) is 8.47. The average molecular weight is 347 g/mol. The van der Waals surface area contributed by atoms with E-state index in [2.05, 4.69) is 28.0 Å². The Morgan fingerprint density at radius 1 is 1.20 bits per heavy atom. The van der Waals surface area contributed by atoms with Gasteiger partial charge in [0.15, 0.2) is 0 Å². The summed E-state index contributed by atoms with van der Waals surface area (Å²) in [6.07, 6.45) is 12.4. The summed E-state index contributed by atoms with van der Waals surface area (Å²) in [6, 6.07) is 0.658. The zero-order valence-electron chi connectivity index (χ0n) is 16.0. The first-order valence-electron chi connectivity index (χ1n) is 10.2. The Labute approximate surface area is 152 Å². The van der Waals surface area contributed by atoms with Crippen LogP contribution in [0.3, 0.4) is 0 Å². The molecule has 0 radical (unpaired) electrons.